The minimum absolute atomic E-state index is 0.0212. The van der Waals surface area contributed by atoms with Gasteiger partial charge in [0.05, 0.1) is 6.61 Å². The van der Waals surface area contributed by atoms with Crippen LogP contribution in [0.15, 0.2) is 0 Å². The number of likely N-dealkylation sites (N-methyl/N-ethyl adjacent to an activating group) is 1. The Morgan fingerprint density at radius 2 is 2.22 bits per heavy atom. The molecule has 6 nitrogen and oxygen atoms in total. The lowest BCUT2D eigenvalue weighted by atomic mass is 9.97. The van der Waals surface area contributed by atoms with Crippen LogP contribution in [0.3, 0.4) is 0 Å². The maximum atomic E-state index is 13.2. The van der Waals surface area contributed by atoms with Crippen molar-refractivity contribution in [3.63, 3.8) is 0 Å². The summed E-state index contributed by atoms with van der Waals surface area (Å²) in [4.78, 5) is 9.56. The van der Waals surface area contributed by atoms with Crippen LogP contribution in [0.2, 0.25) is 0 Å². The van der Waals surface area contributed by atoms with Crippen LogP contribution >= 0.6 is 0 Å². The molecule has 1 rings (SSSR count). The molecule has 0 radical (unpaired) electrons. The number of nitrogens with zero attached hydrogens (tertiary/aromatic N) is 2. The average Bonchev–Trinajstić information content (AvgIpc) is 2.70. The van der Waals surface area contributed by atoms with Crippen molar-refractivity contribution in [2.24, 2.45) is 11.8 Å². The van der Waals surface area contributed by atoms with Gasteiger partial charge in [0.2, 0.25) is 0 Å². The molecule has 0 aliphatic carbocycles. The maximum Gasteiger partial charge on any atom is 0.571 e. The van der Waals surface area contributed by atoms with Gasteiger partial charge in [-0.1, -0.05) is 6.92 Å². The van der Waals surface area contributed by atoms with Crippen molar-refractivity contribution in [2.45, 2.75) is 19.9 Å². The van der Waals surface area contributed by atoms with Crippen molar-refractivity contribution in [3.05, 3.63) is 10.1 Å². The fourth-order valence-corrected chi connectivity index (χ4v) is 1.88. The van der Waals surface area contributed by atoms with Gasteiger partial charge in [0.15, 0.2) is 0 Å². The molecule has 104 valence electrons. The summed E-state index contributed by atoms with van der Waals surface area (Å²) in [6.07, 6.45) is 0. The summed E-state index contributed by atoms with van der Waals surface area (Å²) in [6, 6.07) is -4.33. The second-order valence-corrected chi connectivity index (χ2v) is 4.46. The highest BCUT2D eigenvalue weighted by Crippen LogP contribution is 2.24. The highest BCUT2D eigenvalue weighted by molar-refractivity contribution is 5.84. The Labute approximate surface area is 104 Å². The van der Waals surface area contributed by atoms with Crippen molar-refractivity contribution in [1.82, 2.24) is 4.90 Å². The summed E-state index contributed by atoms with van der Waals surface area (Å²) in [7, 11) is 0. The van der Waals surface area contributed by atoms with Gasteiger partial charge in [0.25, 0.3) is 5.84 Å². The van der Waals surface area contributed by atoms with Crippen LogP contribution in [0.5, 0.6) is 0 Å². The number of nitrogens with one attached hydrogen (secondary N) is 1. The molecule has 8 heteroatoms. The van der Waals surface area contributed by atoms with Gasteiger partial charge in [-0.25, -0.2) is 0 Å². The average molecular weight is 265 g/mol. The van der Waals surface area contributed by atoms with Crippen LogP contribution in [-0.4, -0.2) is 48.0 Å². The van der Waals surface area contributed by atoms with E-state index in [1.165, 1.54) is 0 Å². The van der Waals surface area contributed by atoms with Gasteiger partial charge >= 0.3 is 6.05 Å². The molecule has 1 aliphatic rings. The third kappa shape index (κ3) is 2.92. The van der Waals surface area contributed by atoms with Crippen molar-refractivity contribution in [2.75, 3.05) is 26.3 Å². The molecule has 1 fully saturated rings. The monoisotopic (exact) mass is 265 g/mol. The number of hydrogen-bond acceptors (Lipinski definition) is 4. The molecule has 0 aromatic carbocycles. The highest BCUT2D eigenvalue weighted by Gasteiger charge is 2.52. The molecular formula is C10H17F2N3O3. The Morgan fingerprint density at radius 1 is 1.61 bits per heavy atom. The first-order valence-electron chi connectivity index (χ1n) is 5.74. The van der Waals surface area contributed by atoms with Crippen molar-refractivity contribution in [1.29, 1.82) is 5.41 Å². The summed E-state index contributed by atoms with van der Waals surface area (Å²) in [5, 5.41) is 17.6. The molecule has 0 amide bonds. The molecule has 0 bridgehead atoms. The number of hydrogen-bond donors (Lipinski definition) is 1. The molecule has 0 spiro atoms. The summed E-state index contributed by atoms with van der Waals surface area (Å²) >= 11 is 0. The summed E-state index contributed by atoms with van der Waals surface area (Å²) in [6.45, 7) is 4.83. The van der Waals surface area contributed by atoms with E-state index in [1.807, 2.05) is 6.92 Å². The maximum absolute atomic E-state index is 13.2. The van der Waals surface area contributed by atoms with Gasteiger partial charge in [0, 0.05) is 25.6 Å². The fourth-order valence-electron chi connectivity index (χ4n) is 1.88. The van der Waals surface area contributed by atoms with Crippen LogP contribution in [0.1, 0.15) is 13.8 Å². The van der Waals surface area contributed by atoms with E-state index in [9.17, 15) is 18.9 Å². The van der Waals surface area contributed by atoms with E-state index in [0.717, 1.165) is 4.90 Å². The Balaban J connectivity index is 2.71. The Bertz CT molecular complexity index is 338. The van der Waals surface area contributed by atoms with Crippen LogP contribution < -0.4 is 0 Å². The predicted molar refractivity (Wildman–Crippen MR) is 60.4 cm³/mol. The van der Waals surface area contributed by atoms with Gasteiger partial charge in [0.1, 0.15) is 4.92 Å². The molecule has 1 saturated heterocycles. The molecular weight excluding hydrogens is 248 g/mol. The number of nitro groups is 1. The topological polar surface area (TPSA) is 79.5 Å². The molecule has 1 aliphatic heterocycles. The fraction of sp³-hybridized carbons (Fsp3) is 0.900. The summed E-state index contributed by atoms with van der Waals surface area (Å²) < 4.78 is 31.5. The molecule has 2 atom stereocenters. The van der Waals surface area contributed by atoms with Gasteiger partial charge in [-0.2, -0.15) is 0 Å². The first kappa shape index (κ1) is 14.7. The first-order valence-corrected chi connectivity index (χ1v) is 5.74. The molecule has 2 unspecified atom stereocenters. The molecule has 0 saturated carbocycles. The first-order chi connectivity index (χ1) is 8.30. The van der Waals surface area contributed by atoms with E-state index < -0.39 is 16.8 Å². The second-order valence-electron chi connectivity index (χ2n) is 4.46. The van der Waals surface area contributed by atoms with Gasteiger partial charge in [-0.05, 0) is 12.8 Å². The van der Waals surface area contributed by atoms with Crippen molar-refractivity contribution in [3.8, 4) is 0 Å². The van der Waals surface area contributed by atoms with E-state index in [1.54, 1.807) is 6.92 Å². The van der Waals surface area contributed by atoms with E-state index >= 15 is 0 Å². The Hall–Kier alpha value is -1.31. The Kier molecular flexibility index (Phi) is 4.55. The van der Waals surface area contributed by atoms with E-state index in [2.05, 4.69) is 0 Å². The summed E-state index contributed by atoms with van der Waals surface area (Å²) in [5.74, 6) is -1.03. The molecule has 0 aromatic heterocycles. The third-order valence-corrected chi connectivity index (χ3v) is 3.18. The SMILES string of the molecule is CCN(CC1COCC1C)C(=N)C(F)(F)[N+](=O)[O-]. The normalized spacial score (nSPS) is 24.0. The molecule has 1 N–H and O–H groups in total. The molecule has 0 aromatic rings. The van der Waals surface area contributed by atoms with E-state index in [-0.39, 0.29) is 24.9 Å². The van der Waals surface area contributed by atoms with Crippen molar-refractivity contribution < 1.29 is 18.4 Å². The minimum Gasteiger partial charge on any atom is -0.381 e. The number of ether oxygens (including phenoxy) is 1. The zero-order valence-electron chi connectivity index (χ0n) is 10.4. The minimum atomic E-state index is -4.33. The number of rotatable bonds is 5. The highest BCUT2D eigenvalue weighted by atomic mass is 19.3. The van der Waals surface area contributed by atoms with Gasteiger partial charge in [-0.15, -0.1) is 8.78 Å². The van der Waals surface area contributed by atoms with Crippen LogP contribution in [0, 0.1) is 27.4 Å². The van der Waals surface area contributed by atoms with Crippen molar-refractivity contribution >= 4 is 5.84 Å². The molecule has 18 heavy (non-hydrogen) atoms. The Morgan fingerprint density at radius 3 is 2.61 bits per heavy atom. The second kappa shape index (κ2) is 5.55. The van der Waals surface area contributed by atoms with Crippen LogP contribution in [0.4, 0.5) is 8.78 Å². The molecule has 1 heterocycles. The largest absolute Gasteiger partial charge is 0.571 e. The van der Waals surface area contributed by atoms with E-state index in [0.29, 0.717) is 13.2 Å². The lowest BCUT2D eigenvalue weighted by Gasteiger charge is -2.27. The lowest BCUT2D eigenvalue weighted by Crippen LogP contribution is -2.49. The van der Waals surface area contributed by atoms with E-state index in [4.69, 9.17) is 10.1 Å². The van der Waals surface area contributed by atoms with Gasteiger partial charge < -0.3 is 9.64 Å². The predicted octanol–water partition coefficient (Wildman–Crippen LogP) is 1.44. The number of halogens is 2. The zero-order chi connectivity index (χ0) is 13.9. The number of alkyl halides is 2. The number of amidine groups is 1. The zero-order valence-corrected chi connectivity index (χ0v) is 10.4. The van der Waals surface area contributed by atoms with Gasteiger partial charge in [-0.3, -0.25) is 15.5 Å². The van der Waals surface area contributed by atoms with Crippen LogP contribution in [-0.2, 0) is 4.74 Å². The lowest BCUT2D eigenvalue weighted by molar-refractivity contribution is -0.618. The third-order valence-electron chi connectivity index (χ3n) is 3.18. The van der Waals surface area contributed by atoms with Crippen LogP contribution in [0.25, 0.3) is 0 Å². The standard InChI is InChI=1S/C10H17F2N3O3/c1-3-14(4-8-6-18-5-7(8)2)9(13)10(11,12)15(16)17/h7-8,13H,3-6H2,1-2H3. The summed E-state index contributed by atoms with van der Waals surface area (Å²) in [5.41, 5.74) is 0. The quantitative estimate of drug-likeness (QED) is 0.268. The smallest absolute Gasteiger partial charge is 0.381 e.